The Bertz CT molecular complexity index is 365. The molecule has 0 bridgehead atoms. The van der Waals surface area contributed by atoms with E-state index in [-0.39, 0.29) is 0 Å². The Morgan fingerprint density at radius 2 is 2.06 bits per heavy atom. The van der Waals surface area contributed by atoms with Gasteiger partial charge in [-0.2, -0.15) is 0 Å². The topological polar surface area (TPSA) is 30.5 Å². The summed E-state index contributed by atoms with van der Waals surface area (Å²) in [6, 6.07) is 6.50. The van der Waals surface area contributed by atoms with Crippen LogP contribution in [-0.4, -0.2) is 19.8 Å². The molecule has 1 N–H and O–H groups in total. The zero-order chi connectivity index (χ0) is 12.1. The van der Waals surface area contributed by atoms with Crippen LogP contribution in [0.15, 0.2) is 18.2 Å². The average Bonchev–Trinajstić information content (AvgIpc) is 2.40. The van der Waals surface area contributed by atoms with Gasteiger partial charge < -0.3 is 14.8 Å². The van der Waals surface area contributed by atoms with Crippen molar-refractivity contribution in [3.8, 4) is 11.5 Å². The molecule has 0 fully saturated rings. The molecule has 3 nitrogen and oxygen atoms in total. The number of hydrogen-bond acceptors (Lipinski definition) is 3. The van der Waals surface area contributed by atoms with Gasteiger partial charge in [0.25, 0.3) is 0 Å². The van der Waals surface area contributed by atoms with E-state index in [0.717, 1.165) is 30.9 Å². The maximum absolute atomic E-state index is 5.75. The van der Waals surface area contributed by atoms with E-state index < -0.39 is 0 Å². The molecular weight excluding hydrogens is 214 g/mol. The van der Waals surface area contributed by atoms with Crippen LogP contribution in [0, 0.1) is 0 Å². The summed E-state index contributed by atoms with van der Waals surface area (Å²) in [6.45, 7) is 6.70. The Hall–Kier alpha value is -1.22. The first-order valence-corrected chi connectivity index (χ1v) is 6.48. The van der Waals surface area contributed by atoms with Crippen LogP contribution < -0.4 is 14.8 Å². The minimum atomic E-state index is 0.353. The van der Waals surface area contributed by atoms with Crippen molar-refractivity contribution in [2.75, 3.05) is 19.8 Å². The van der Waals surface area contributed by atoms with Gasteiger partial charge in [0.15, 0.2) is 11.5 Å². The highest BCUT2D eigenvalue weighted by molar-refractivity contribution is 5.48. The lowest BCUT2D eigenvalue weighted by Crippen LogP contribution is -2.24. The van der Waals surface area contributed by atoms with Crippen molar-refractivity contribution in [1.82, 2.24) is 5.32 Å². The molecule has 1 aliphatic rings. The number of ether oxygens (including phenoxy) is 2. The Morgan fingerprint density at radius 1 is 1.24 bits per heavy atom. The lowest BCUT2D eigenvalue weighted by molar-refractivity contribution is 0.168. The molecule has 1 unspecified atom stereocenters. The molecule has 2 rings (SSSR count). The minimum absolute atomic E-state index is 0.353. The van der Waals surface area contributed by atoms with Crippen LogP contribution in [0.25, 0.3) is 0 Å². The molecule has 0 amide bonds. The van der Waals surface area contributed by atoms with Crippen LogP contribution in [0.4, 0.5) is 0 Å². The second kappa shape index (κ2) is 5.92. The van der Waals surface area contributed by atoms with E-state index in [4.69, 9.17) is 9.47 Å². The van der Waals surface area contributed by atoms with E-state index in [1.54, 1.807) is 0 Å². The molecule has 0 aromatic heterocycles. The Labute approximate surface area is 103 Å². The Morgan fingerprint density at radius 3 is 2.82 bits per heavy atom. The highest BCUT2D eigenvalue weighted by atomic mass is 16.6. The number of hydrogen-bond donors (Lipinski definition) is 1. The van der Waals surface area contributed by atoms with Crippen molar-refractivity contribution in [3.63, 3.8) is 0 Å². The highest BCUT2D eigenvalue weighted by Gasteiger charge is 2.20. The van der Waals surface area contributed by atoms with Crippen molar-refractivity contribution in [3.05, 3.63) is 23.8 Å². The second-order valence-corrected chi connectivity index (χ2v) is 4.29. The summed E-state index contributed by atoms with van der Waals surface area (Å²) < 4.78 is 11.4. The van der Waals surface area contributed by atoms with Crippen LogP contribution in [0.5, 0.6) is 11.5 Å². The largest absolute Gasteiger partial charge is 0.486 e. The molecule has 0 spiro atoms. The maximum Gasteiger partial charge on any atom is 0.166 e. The first-order valence-electron chi connectivity index (χ1n) is 6.48. The van der Waals surface area contributed by atoms with E-state index in [1.807, 2.05) is 12.1 Å². The quantitative estimate of drug-likeness (QED) is 0.851. The van der Waals surface area contributed by atoms with E-state index in [0.29, 0.717) is 19.3 Å². The number of benzene rings is 1. The summed E-state index contributed by atoms with van der Waals surface area (Å²) in [4.78, 5) is 0. The van der Waals surface area contributed by atoms with Gasteiger partial charge in [-0.15, -0.1) is 0 Å². The molecule has 1 heterocycles. The predicted octanol–water partition coefficient (Wildman–Crippen LogP) is 2.91. The monoisotopic (exact) mass is 235 g/mol. The molecule has 1 atom stereocenters. The minimum Gasteiger partial charge on any atom is -0.486 e. The lowest BCUT2D eigenvalue weighted by Gasteiger charge is -2.25. The fraction of sp³-hybridized carbons (Fsp3) is 0.571. The maximum atomic E-state index is 5.75. The Balaban J connectivity index is 2.23. The van der Waals surface area contributed by atoms with Crippen molar-refractivity contribution < 1.29 is 9.47 Å². The van der Waals surface area contributed by atoms with Crippen molar-refractivity contribution >= 4 is 0 Å². The standard InChI is InChI=1S/C14H21NO2/c1-3-8-15-12(4-2)11-6-5-7-13-14(11)17-10-9-16-13/h5-7,12,15H,3-4,8-10H2,1-2H3. The SMILES string of the molecule is CCCNC(CC)c1cccc2c1OCCO2. The summed E-state index contributed by atoms with van der Waals surface area (Å²) in [6.07, 6.45) is 2.20. The summed E-state index contributed by atoms with van der Waals surface area (Å²) in [5.74, 6) is 1.81. The average molecular weight is 235 g/mol. The number of rotatable bonds is 5. The molecule has 0 saturated heterocycles. The summed E-state index contributed by atoms with van der Waals surface area (Å²) in [7, 11) is 0. The van der Waals surface area contributed by atoms with Crippen molar-refractivity contribution in [1.29, 1.82) is 0 Å². The second-order valence-electron chi connectivity index (χ2n) is 4.29. The first-order chi connectivity index (χ1) is 8.36. The number of para-hydroxylation sites is 1. The van der Waals surface area contributed by atoms with Gasteiger partial charge in [-0.25, -0.2) is 0 Å². The smallest absolute Gasteiger partial charge is 0.166 e. The Kier molecular flexibility index (Phi) is 4.26. The van der Waals surface area contributed by atoms with Crippen LogP contribution in [-0.2, 0) is 0 Å². The van der Waals surface area contributed by atoms with Crippen LogP contribution >= 0.6 is 0 Å². The van der Waals surface area contributed by atoms with E-state index in [2.05, 4.69) is 25.2 Å². The molecule has 0 saturated carbocycles. The summed E-state index contributed by atoms with van der Waals surface area (Å²) in [5.41, 5.74) is 1.22. The molecular formula is C14H21NO2. The summed E-state index contributed by atoms with van der Waals surface area (Å²) in [5, 5.41) is 3.55. The van der Waals surface area contributed by atoms with E-state index in [9.17, 15) is 0 Å². The zero-order valence-electron chi connectivity index (χ0n) is 10.7. The van der Waals surface area contributed by atoms with Gasteiger partial charge in [0.2, 0.25) is 0 Å². The third-order valence-corrected chi connectivity index (χ3v) is 3.02. The molecule has 17 heavy (non-hydrogen) atoms. The number of fused-ring (bicyclic) bond motifs is 1. The van der Waals surface area contributed by atoms with Gasteiger partial charge in [-0.3, -0.25) is 0 Å². The van der Waals surface area contributed by atoms with Crippen LogP contribution in [0.2, 0.25) is 0 Å². The van der Waals surface area contributed by atoms with Crippen LogP contribution in [0.1, 0.15) is 38.3 Å². The summed E-state index contributed by atoms with van der Waals surface area (Å²) >= 11 is 0. The fourth-order valence-corrected chi connectivity index (χ4v) is 2.16. The van der Waals surface area contributed by atoms with Gasteiger partial charge in [0, 0.05) is 11.6 Å². The molecule has 1 aromatic rings. The van der Waals surface area contributed by atoms with Gasteiger partial charge in [0.05, 0.1) is 0 Å². The molecule has 1 aliphatic heterocycles. The highest BCUT2D eigenvalue weighted by Crippen LogP contribution is 2.37. The molecule has 0 radical (unpaired) electrons. The van der Waals surface area contributed by atoms with Crippen LogP contribution in [0.3, 0.4) is 0 Å². The predicted molar refractivity (Wildman–Crippen MR) is 68.8 cm³/mol. The first kappa shape index (κ1) is 12.2. The molecule has 94 valence electrons. The third kappa shape index (κ3) is 2.72. The molecule has 0 aliphatic carbocycles. The van der Waals surface area contributed by atoms with E-state index >= 15 is 0 Å². The molecule has 1 aromatic carbocycles. The zero-order valence-corrected chi connectivity index (χ0v) is 10.7. The van der Waals surface area contributed by atoms with E-state index in [1.165, 1.54) is 5.56 Å². The third-order valence-electron chi connectivity index (χ3n) is 3.02. The molecule has 3 heteroatoms. The van der Waals surface area contributed by atoms with Gasteiger partial charge in [0.1, 0.15) is 13.2 Å². The van der Waals surface area contributed by atoms with Crippen molar-refractivity contribution in [2.24, 2.45) is 0 Å². The van der Waals surface area contributed by atoms with Gasteiger partial charge in [-0.05, 0) is 25.5 Å². The van der Waals surface area contributed by atoms with Gasteiger partial charge >= 0.3 is 0 Å². The normalized spacial score (nSPS) is 15.6. The lowest BCUT2D eigenvalue weighted by atomic mass is 10.0. The fourth-order valence-electron chi connectivity index (χ4n) is 2.16. The van der Waals surface area contributed by atoms with Gasteiger partial charge in [-0.1, -0.05) is 26.0 Å². The van der Waals surface area contributed by atoms with Crippen molar-refractivity contribution in [2.45, 2.75) is 32.7 Å². The number of nitrogens with one attached hydrogen (secondary N) is 1.